The number of aryl methyl sites for hydroxylation is 2. The quantitative estimate of drug-likeness (QED) is 0.801. The monoisotopic (exact) mass is 236 g/mol. The van der Waals surface area contributed by atoms with Crippen LogP contribution >= 0.6 is 0 Å². The summed E-state index contributed by atoms with van der Waals surface area (Å²) in [5.74, 6) is -0.180. The fraction of sp³-hybridized carbons (Fsp3) is 0.667. The van der Waals surface area contributed by atoms with Gasteiger partial charge < -0.3 is 11.5 Å². The van der Waals surface area contributed by atoms with Gasteiger partial charge in [-0.3, -0.25) is 9.48 Å². The molecule has 2 rings (SSSR count). The number of carbonyl (C=O) groups excluding carboxylic acids is 1. The molecule has 1 heterocycles. The van der Waals surface area contributed by atoms with E-state index in [9.17, 15) is 4.79 Å². The molecule has 2 atom stereocenters. The van der Waals surface area contributed by atoms with E-state index < -0.39 is 5.54 Å². The van der Waals surface area contributed by atoms with E-state index in [1.54, 1.807) is 6.20 Å². The van der Waals surface area contributed by atoms with Crippen LogP contribution in [0.15, 0.2) is 12.3 Å². The zero-order valence-corrected chi connectivity index (χ0v) is 10.2. The van der Waals surface area contributed by atoms with Crippen molar-refractivity contribution in [1.29, 1.82) is 0 Å². The van der Waals surface area contributed by atoms with Crippen LogP contribution in [0.2, 0.25) is 0 Å². The minimum absolute atomic E-state index is 0.184. The Morgan fingerprint density at radius 2 is 2.47 bits per heavy atom. The maximum atomic E-state index is 11.4. The summed E-state index contributed by atoms with van der Waals surface area (Å²) < 4.78 is 1.94. The molecule has 5 heteroatoms. The summed E-state index contributed by atoms with van der Waals surface area (Å²) >= 11 is 0. The maximum Gasteiger partial charge on any atom is 0.237 e. The van der Waals surface area contributed by atoms with Crippen molar-refractivity contribution in [3.8, 4) is 0 Å². The van der Waals surface area contributed by atoms with Gasteiger partial charge in [0.25, 0.3) is 0 Å². The van der Waals surface area contributed by atoms with Gasteiger partial charge in [-0.2, -0.15) is 5.10 Å². The van der Waals surface area contributed by atoms with E-state index >= 15 is 0 Å². The highest BCUT2D eigenvalue weighted by Gasteiger charge is 2.43. The summed E-state index contributed by atoms with van der Waals surface area (Å²) in [5.41, 5.74) is 11.9. The molecule has 0 aliphatic heterocycles. The van der Waals surface area contributed by atoms with E-state index in [2.05, 4.69) is 5.10 Å². The van der Waals surface area contributed by atoms with Crippen molar-refractivity contribution in [1.82, 2.24) is 9.78 Å². The van der Waals surface area contributed by atoms with Gasteiger partial charge in [0.2, 0.25) is 5.91 Å². The molecular weight excluding hydrogens is 216 g/mol. The molecule has 0 spiro atoms. The standard InChI is InChI=1S/C12H20N4O/c1-9-4-7-15-16(9)8-5-10-3-2-6-12(10,14)11(13)17/h4,7,10H,2-3,5-6,8,14H2,1H3,(H2,13,17). The highest BCUT2D eigenvalue weighted by molar-refractivity contribution is 5.85. The minimum Gasteiger partial charge on any atom is -0.368 e. The van der Waals surface area contributed by atoms with Crippen LogP contribution in [0.5, 0.6) is 0 Å². The number of amides is 1. The molecule has 1 amide bonds. The molecular formula is C12H20N4O. The molecule has 2 unspecified atom stereocenters. The van der Waals surface area contributed by atoms with Crippen LogP contribution in [0.4, 0.5) is 0 Å². The molecule has 1 aliphatic rings. The lowest BCUT2D eigenvalue weighted by molar-refractivity contribution is -0.124. The highest BCUT2D eigenvalue weighted by Crippen LogP contribution is 2.36. The Kier molecular flexibility index (Phi) is 3.19. The fourth-order valence-corrected chi connectivity index (χ4v) is 2.74. The van der Waals surface area contributed by atoms with Crippen molar-refractivity contribution < 1.29 is 4.79 Å². The first-order chi connectivity index (χ1) is 8.04. The third-order valence-electron chi connectivity index (χ3n) is 3.95. The van der Waals surface area contributed by atoms with Gasteiger partial charge in [-0.1, -0.05) is 6.42 Å². The Balaban J connectivity index is 2.00. The molecule has 0 bridgehead atoms. The van der Waals surface area contributed by atoms with Gasteiger partial charge in [0.1, 0.15) is 0 Å². The van der Waals surface area contributed by atoms with Crippen LogP contribution in [0.3, 0.4) is 0 Å². The molecule has 4 N–H and O–H groups in total. The first-order valence-electron chi connectivity index (χ1n) is 6.11. The Hall–Kier alpha value is -1.36. The number of aromatic nitrogens is 2. The number of hydrogen-bond acceptors (Lipinski definition) is 3. The topological polar surface area (TPSA) is 86.9 Å². The van der Waals surface area contributed by atoms with Crippen molar-refractivity contribution in [2.24, 2.45) is 17.4 Å². The van der Waals surface area contributed by atoms with E-state index in [0.717, 1.165) is 31.5 Å². The lowest BCUT2D eigenvalue weighted by Gasteiger charge is -2.28. The molecule has 0 saturated heterocycles. The average molecular weight is 236 g/mol. The zero-order valence-electron chi connectivity index (χ0n) is 10.2. The molecule has 1 aromatic rings. The summed E-state index contributed by atoms with van der Waals surface area (Å²) in [6.07, 6.45) is 5.34. The summed E-state index contributed by atoms with van der Waals surface area (Å²) in [7, 11) is 0. The van der Waals surface area contributed by atoms with E-state index in [4.69, 9.17) is 11.5 Å². The summed E-state index contributed by atoms with van der Waals surface area (Å²) in [6.45, 7) is 2.82. The molecule has 5 nitrogen and oxygen atoms in total. The van der Waals surface area contributed by atoms with Gasteiger partial charge in [-0.25, -0.2) is 0 Å². The lowest BCUT2D eigenvalue weighted by atomic mass is 9.85. The second-order valence-corrected chi connectivity index (χ2v) is 4.98. The third kappa shape index (κ3) is 2.20. The van der Waals surface area contributed by atoms with Gasteiger partial charge in [0, 0.05) is 18.4 Å². The Morgan fingerprint density at radius 3 is 3.06 bits per heavy atom. The van der Waals surface area contributed by atoms with Gasteiger partial charge in [0.05, 0.1) is 5.54 Å². The van der Waals surface area contributed by atoms with E-state index in [0.29, 0.717) is 6.42 Å². The Labute approximate surface area is 101 Å². The summed E-state index contributed by atoms with van der Waals surface area (Å²) in [6, 6.07) is 1.97. The van der Waals surface area contributed by atoms with Crippen LogP contribution in [0.1, 0.15) is 31.4 Å². The zero-order chi connectivity index (χ0) is 12.5. The molecule has 1 fully saturated rings. The number of hydrogen-bond donors (Lipinski definition) is 2. The number of nitrogens with two attached hydrogens (primary N) is 2. The van der Waals surface area contributed by atoms with Gasteiger partial charge in [0.15, 0.2) is 0 Å². The first-order valence-corrected chi connectivity index (χ1v) is 6.11. The first kappa shape index (κ1) is 12.1. The van der Waals surface area contributed by atoms with Crippen LogP contribution in [0, 0.1) is 12.8 Å². The number of primary amides is 1. The second-order valence-electron chi connectivity index (χ2n) is 4.98. The van der Waals surface area contributed by atoms with Crippen molar-refractivity contribution in [2.45, 2.75) is 44.7 Å². The van der Waals surface area contributed by atoms with E-state index in [-0.39, 0.29) is 11.8 Å². The summed E-state index contributed by atoms with van der Waals surface area (Å²) in [4.78, 5) is 11.4. The van der Waals surface area contributed by atoms with Crippen LogP contribution in [-0.2, 0) is 11.3 Å². The maximum absolute atomic E-state index is 11.4. The lowest BCUT2D eigenvalue weighted by Crippen LogP contribution is -2.54. The van der Waals surface area contributed by atoms with Crippen LogP contribution in [-0.4, -0.2) is 21.2 Å². The molecule has 1 aliphatic carbocycles. The smallest absolute Gasteiger partial charge is 0.237 e. The van der Waals surface area contributed by atoms with Crippen molar-refractivity contribution in [3.05, 3.63) is 18.0 Å². The van der Waals surface area contributed by atoms with Crippen molar-refractivity contribution >= 4 is 5.91 Å². The van der Waals surface area contributed by atoms with Gasteiger partial charge >= 0.3 is 0 Å². The molecule has 17 heavy (non-hydrogen) atoms. The predicted molar refractivity (Wildman–Crippen MR) is 65.0 cm³/mol. The Bertz CT molecular complexity index is 414. The SMILES string of the molecule is Cc1ccnn1CCC1CCCC1(N)C(N)=O. The van der Waals surface area contributed by atoms with Crippen molar-refractivity contribution in [3.63, 3.8) is 0 Å². The molecule has 94 valence electrons. The van der Waals surface area contributed by atoms with Crippen LogP contribution < -0.4 is 11.5 Å². The largest absolute Gasteiger partial charge is 0.368 e. The summed E-state index contributed by atoms with van der Waals surface area (Å²) in [5, 5.41) is 4.23. The normalized spacial score (nSPS) is 28.5. The van der Waals surface area contributed by atoms with E-state index in [1.807, 2.05) is 17.7 Å². The number of carbonyl (C=O) groups is 1. The number of nitrogens with zero attached hydrogens (tertiary/aromatic N) is 2. The van der Waals surface area contributed by atoms with Gasteiger partial charge in [-0.05, 0) is 38.2 Å². The van der Waals surface area contributed by atoms with Crippen molar-refractivity contribution in [2.75, 3.05) is 0 Å². The van der Waals surface area contributed by atoms with E-state index in [1.165, 1.54) is 0 Å². The fourth-order valence-electron chi connectivity index (χ4n) is 2.74. The predicted octanol–water partition coefficient (Wildman–Crippen LogP) is 0.565. The molecule has 1 aromatic heterocycles. The van der Waals surface area contributed by atoms with Crippen LogP contribution in [0.25, 0.3) is 0 Å². The Morgan fingerprint density at radius 1 is 1.71 bits per heavy atom. The highest BCUT2D eigenvalue weighted by atomic mass is 16.1. The van der Waals surface area contributed by atoms with Gasteiger partial charge in [-0.15, -0.1) is 0 Å². The molecule has 1 saturated carbocycles. The third-order valence-corrected chi connectivity index (χ3v) is 3.95. The minimum atomic E-state index is -0.805. The average Bonchev–Trinajstić information content (AvgIpc) is 2.83. The molecule has 0 aromatic carbocycles. The second kappa shape index (κ2) is 4.49. The number of rotatable bonds is 4. The molecule has 0 radical (unpaired) electrons.